The number of ether oxygens (including phenoxy) is 1. The van der Waals surface area contributed by atoms with E-state index < -0.39 is 35.5 Å². The summed E-state index contributed by atoms with van der Waals surface area (Å²) in [6.45, 7) is 1.80. The number of esters is 1. The molecule has 1 amide bonds. The van der Waals surface area contributed by atoms with Crippen molar-refractivity contribution in [2.24, 2.45) is 5.92 Å². The molecule has 1 N–H and O–H groups in total. The summed E-state index contributed by atoms with van der Waals surface area (Å²) in [5.74, 6) is -4.97. The fraction of sp³-hybridized carbons (Fsp3) is 0.125. The number of Topliss-reactive ketones (excluding diaryl/α,β-unsaturated/α-hetero) is 2. The Bertz CT molecular complexity index is 1240. The molecule has 1 aliphatic rings. The average Bonchev–Trinajstić information content (AvgIpc) is 3.13. The molecular formula is C24H17ClN2O5. The predicted octanol–water partition coefficient (Wildman–Crippen LogP) is 3.96. The average molecular weight is 449 g/mol. The van der Waals surface area contributed by atoms with Crippen molar-refractivity contribution in [2.45, 2.75) is 13.0 Å². The predicted molar refractivity (Wildman–Crippen MR) is 116 cm³/mol. The van der Waals surface area contributed by atoms with E-state index in [1.54, 1.807) is 49.4 Å². The summed E-state index contributed by atoms with van der Waals surface area (Å²) in [6.07, 6.45) is 1.57. The Balaban J connectivity index is 1.72. The highest BCUT2D eigenvalue weighted by Gasteiger charge is 2.46. The van der Waals surface area contributed by atoms with Gasteiger partial charge in [-0.25, -0.2) is 4.79 Å². The fourth-order valence-electron chi connectivity index (χ4n) is 3.57. The van der Waals surface area contributed by atoms with Crippen molar-refractivity contribution in [2.75, 3.05) is 5.32 Å². The molecule has 2 aromatic carbocycles. The van der Waals surface area contributed by atoms with Gasteiger partial charge in [-0.1, -0.05) is 35.9 Å². The minimum absolute atomic E-state index is 0.167. The van der Waals surface area contributed by atoms with E-state index >= 15 is 0 Å². The third kappa shape index (κ3) is 4.02. The van der Waals surface area contributed by atoms with E-state index in [0.717, 1.165) is 5.56 Å². The van der Waals surface area contributed by atoms with E-state index in [2.05, 4.69) is 10.3 Å². The van der Waals surface area contributed by atoms with Crippen molar-refractivity contribution in [3.05, 3.63) is 94.3 Å². The molecule has 2 heterocycles. The van der Waals surface area contributed by atoms with Crippen molar-refractivity contribution < 1.29 is 23.9 Å². The lowest BCUT2D eigenvalue weighted by Gasteiger charge is -2.21. The van der Waals surface area contributed by atoms with Crippen LogP contribution in [0.5, 0.6) is 0 Å². The summed E-state index contributed by atoms with van der Waals surface area (Å²) < 4.78 is 5.40. The second kappa shape index (κ2) is 8.72. The van der Waals surface area contributed by atoms with Crippen LogP contribution in [0.2, 0.25) is 5.02 Å². The van der Waals surface area contributed by atoms with Crippen LogP contribution in [-0.4, -0.2) is 28.4 Å². The summed E-state index contributed by atoms with van der Waals surface area (Å²) in [7, 11) is 0. The van der Waals surface area contributed by atoms with Crippen molar-refractivity contribution in [3.8, 4) is 0 Å². The Kier molecular flexibility index (Phi) is 5.83. The number of carbonyl (C=O) groups is 4. The number of amides is 1. The number of benzene rings is 2. The highest BCUT2D eigenvalue weighted by Crippen LogP contribution is 2.38. The molecule has 0 radical (unpaired) electrons. The first-order valence-corrected chi connectivity index (χ1v) is 10.1. The number of aryl methyl sites for hydroxylation is 1. The largest absolute Gasteiger partial charge is 0.453 e. The topological polar surface area (TPSA) is 102 Å². The molecule has 4 rings (SSSR count). The molecule has 8 heteroatoms. The second-order valence-corrected chi connectivity index (χ2v) is 7.70. The Morgan fingerprint density at radius 3 is 2.53 bits per heavy atom. The van der Waals surface area contributed by atoms with Gasteiger partial charge in [-0.05, 0) is 42.8 Å². The van der Waals surface area contributed by atoms with Gasteiger partial charge in [0, 0.05) is 23.5 Å². The van der Waals surface area contributed by atoms with Gasteiger partial charge < -0.3 is 10.1 Å². The third-order valence-electron chi connectivity index (χ3n) is 5.15. The second-order valence-electron chi connectivity index (χ2n) is 7.29. The smallest absolute Gasteiger partial charge is 0.339 e. The van der Waals surface area contributed by atoms with E-state index in [1.165, 1.54) is 24.5 Å². The maximum atomic E-state index is 13.3. The van der Waals surface area contributed by atoms with E-state index in [-0.39, 0.29) is 21.8 Å². The number of fused-ring (bicyclic) bond motifs is 1. The quantitative estimate of drug-likeness (QED) is 0.265. The van der Waals surface area contributed by atoms with Gasteiger partial charge in [-0.3, -0.25) is 19.4 Å². The van der Waals surface area contributed by atoms with Gasteiger partial charge in [0.05, 0.1) is 16.3 Å². The van der Waals surface area contributed by atoms with Crippen LogP contribution >= 0.6 is 11.6 Å². The molecule has 7 nitrogen and oxygen atoms in total. The SMILES string of the molecule is Cc1ccc(Cl)c(NC(=O)C(=O)[C@H](C(=O)c2ccncc2)[C@@H]2OC(=O)c3ccccc32)c1. The fourth-order valence-corrected chi connectivity index (χ4v) is 3.74. The first-order chi connectivity index (χ1) is 15.4. The highest BCUT2D eigenvalue weighted by molar-refractivity contribution is 6.46. The standard InChI is InChI=1S/C24H17ClN2O5/c1-13-6-7-17(25)18(12-13)27-23(30)21(29)19(20(28)14-8-10-26-11-9-14)22-15-4-2-3-5-16(15)24(31)32-22/h2-12,19,22H,1H3,(H,27,30)/t19-,22+/m0/s1. The lowest BCUT2D eigenvalue weighted by molar-refractivity contribution is -0.138. The van der Waals surface area contributed by atoms with Gasteiger partial charge in [0.25, 0.3) is 5.91 Å². The molecule has 160 valence electrons. The van der Waals surface area contributed by atoms with Crippen molar-refractivity contribution in [1.82, 2.24) is 4.98 Å². The monoisotopic (exact) mass is 448 g/mol. The van der Waals surface area contributed by atoms with Gasteiger partial charge in [0.2, 0.25) is 5.78 Å². The molecule has 1 aliphatic heterocycles. The zero-order valence-electron chi connectivity index (χ0n) is 16.9. The molecule has 32 heavy (non-hydrogen) atoms. The lowest BCUT2D eigenvalue weighted by Crippen LogP contribution is -2.38. The molecule has 0 fully saturated rings. The lowest BCUT2D eigenvalue weighted by atomic mass is 9.85. The number of ketones is 2. The molecule has 0 saturated heterocycles. The number of carbonyl (C=O) groups excluding carboxylic acids is 4. The summed E-state index contributed by atoms with van der Waals surface area (Å²) in [6, 6.07) is 14.3. The Labute approximate surface area is 188 Å². The van der Waals surface area contributed by atoms with E-state index in [9.17, 15) is 19.2 Å². The normalized spacial score (nSPS) is 15.4. The molecule has 0 unspecified atom stereocenters. The minimum atomic E-state index is -1.58. The summed E-state index contributed by atoms with van der Waals surface area (Å²) in [4.78, 5) is 55.7. The summed E-state index contributed by atoms with van der Waals surface area (Å²) >= 11 is 6.13. The van der Waals surface area contributed by atoms with Gasteiger partial charge >= 0.3 is 5.97 Å². The number of halogens is 1. The maximum absolute atomic E-state index is 13.3. The molecule has 2 atom stereocenters. The number of nitrogens with one attached hydrogen (secondary N) is 1. The van der Waals surface area contributed by atoms with Gasteiger partial charge in [0.1, 0.15) is 12.0 Å². The number of anilines is 1. The van der Waals surface area contributed by atoms with Crippen LogP contribution in [0.1, 0.15) is 37.9 Å². The number of cyclic esters (lactones) is 1. The minimum Gasteiger partial charge on any atom is -0.453 e. The van der Waals surface area contributed by atoms with Gasteiger partial charge in [-0.2, -0.15) is 0 Å². The molecule has 0 spiro atoms. The van der Waals surface area contributed by atoms with E-state index in [4.69, 9.17) is 16.3 Å². The molecule has 3 aromatic rings. The maximum Gasteiger partial charge on any atom is 0.339 e. The van der Waals surface area contributed by atoms with Gasteiger partial charge in [-0.15, -0.1) is 0 Å². The zero-order valence-corrected chi connectivity index (χ0v) is 17.6. The highest BCUT2D eigenvalue weighted by atomic mass is 35.5. The first-order valence-electron chi connectivity index (χ1n) is 9.72. The van der Waals surface area contributed by atoms with Crippen LogP contribution in [0.15, 0.2) is 67.0 Å². The number of pyridine rings is 1. The zero-order chi connectivity index (χ0) is 22.8. The van der Waals surface area contributed by atoms with Crippen LogP contribution in [-0.2, 0) is 14.3 Å². The van der Waals surface area contributed by atoms with Gasteiger partial charge in [0.15, 0.2) is 5.78 Å². The molecule has 0 saturated carbocycles. The Morgan fingerprint density at radius 1 is 1.06 bits per heavy atom. The summed E-state index contributed by atoms with van der Waals surface area (Å²) in [5, 5.41) is 2.71. The number of rotatable bonds is 6. The van der Waals surface area contributed by atoms with Crippen molar-refractivity contribution in [1.29, 1.82) is 0 Å². The molecule has 1 aromatic heterocycles. The Hall–Kier alpha value is -3.84. The van der Waals surface area contributed by atoms with Crippen molar-refractivity contribution >= 4 is 40.7 Å². The molecule has 0 aliphatic carbocycles. The van der Waals surface area contributed by atoms with E-state index in [1.807, 2.05) is 0 Å². The molecular weight excluding hydrogens is 432 g/mol. The summed E-state index contributed by atoms with van der Waals surface area (Å²) in [5.41, 5.74) is 1.85. The van der Waals surface area contributed by atoms with Crippen LogP contribution < -0.4 is 5.32 Å². The van der Waals surface area contributed by atoms with Crippen LogP contribution in [0.4, 0.5) is 5.69 Å². The number of hydrogen-bond donors (Lipinski definition) is 1. The van der Waals surface area contributed by atoms with Crippen LogP contribution in [0.3, 0.4) is 0 Å². The third-order valence-corrected chi connectivity index (χ3v) is 5.48. The number of nitrogens with zero attached hydrogens (tertiary/aromatic N) is 1. The Morgan fingerprint density at radius 2 is 1.78 bits per heavy atom. The number of aromatic nitrogens is 1. The van der Waals surface area contributed by atoms with Crippen molar-refractivity contribution in [3.63, 3.8) is 0 Å². The first kappa shape index (κ1) is 21.4. The van der Waals surface area contributed by atoms with E-state index in [0.29, 0.717) is 5.56 Å². The molecule has 0 bridgehead atoms. The number of hydrogen-bond acceptors (Lipinski definition) is 6. The van der Waals surface area contributed by atoms with Crippen LogP contribution in [0, 0.1) is 12.8 Å². The van der Waals surface area contributed by atoms with Crippen LogP contribution in [0.25, 0.3) is 0 Å².